The third-order valence-electron chi connectivity index (χ3n) is 4.67. The van der Waals surface area contributed by atoms with Crippen molar-refractivity contribution in [2.24, 2.45) is 0 Å². The van der Waals surface area contributed by atoms with Crippen molar-refractivity contribution in [3.63, 3.8) is 0 Å². The predicted octanol–water partition coefficient (Wildman–Crippen LogP) is -0.530. The summed E-state index contributed by atoms with van der Waals surface area (Å²) in [5, 5.41) is 0. The van der Waals surface area contributed by atoms with Crippen LogP contribution >= 0.6 is 0 Å². The van der Waals surface area contributed by atoms with Crippen LogP contribution in [0.4, 0.5) is 0 Å². The number of rotatable bonds is 8. The van der Waals surface area contributed by atoms with Crippen LogP contribution in [0.25, 0.3) is 0 Å². The molecule has 0 atom stereocenters. The Morgan fingerprint density at radius 1 is 1.13 bits per heavy atom. The highest BCUT2D eigenvalue weighted by Crippen LogP contribution is 2.28. The molecule has 0 aliphatic carbocycles. The van der Waals surface area contributed by atoms with Crippen molar-refractivity contribution < 1.29 is 24.1 Å². The van der Waals surface area contributed by atoms with Gasteiger partial charge in [-0.15, -0.1) is 0 Å². The largest absolute Gasteiger partial charge is 0.493 e. The van der Waals surface area contributed by atoms with Gasteiger partial charge in [0.05, 0.1) is 26.8 Å². The van der Waals surface area contributed by atoms with Crippen LogP contribution in [-0.2, 0) is 0 Å². The fourth-order valence-corrected chi connectivity index (χ4v) is 3.07. The van der Waals surface area contributed by atoms with Gasteiger partial charge in [-0.2, -0.15) is 0 Å². The van der Waals surface area contributed by atoms with E-state index in [9.17, 15) is 4.79 Å². The minimum absolute atomic E-state index is 0.0341. The summed E-state index contributed by atoms with van der Waals surface area (Å²) in [5.41, 5.74) is 0.648. The number of piperazine rings is 1. The number of methoxy groups -OCH3 is 1. The maximum atomic E-state index is 11.4. The third kappa shape index (κ3) is 5.22. The number of ether oxygens (including phenoxy) is 2. The van der Waals surface area contributed by atoms with E-state index >= 15 is 0 Å². The van der Waals surface area contributed by atoms with Crippen molar-refractivity contribution in [3.05, 3.63) is 23.8 Å². The second-order valence-corrected chi connectivity index (χ2v) is 6.23. The topological polar surface area (TPSA) is 44.4 Å². The molecule has 1 heterocycles. The van der Waals surface area contributed by atoms with E-state index in [1.807, 2.05) is 6.07 Å². The second-order valence-electron chi connectivity index (χ2n) is 6.23. The summed E-state index contributed by atoms with van der Waals surface area (Å²) in [7, 11) is 1.60. The average molecular weight is 322 g/mol. The number of Topliss-reactive ketones (excluding diaryl/α,β-unsaturated/α-hetero) is 1. The van der Waals surface area contributed by atoms with Crippen LogP contribution in [0.15, 0.2) is 18.2 Å². The molecule has 0 spiro atoms. The second kappa shape index (κ2) is 8.89. The zero-order valence-electron chi connectivity index (χ0n) is 14.6. The Hall–Kier alpha value is -1.59. The fraction of sp³-hybridized carbons (Fsp3) is 0.611. The summed E-state index contributed by atoms with van der Waals surface area (Å²) < 4.78 is 11.2. The number of carbonyl (C=O) groups is 1. The molecule has 128 valence electrons. The van der Waals surface area contributed by atoms with Gasteiger partial charge in [0.2, 0.25) is 0 Å². The Kier molecular flexibility index (Phi) is 6.86. The number of carbonyl (C=O) groups excluding carboxylic acids is 1. The number of hydrogen-bond acceptors (Lipinski definition) is 3. The average Bonchev–Trinajstić information content (AvgIpc) is 2.59. The lowest BCUT2D eigenvalue weighted by Gasteiger charge is -2.28. The molecule has 0 bridgehead atoms. The quantitative estimate of drug-likeness (QED) is 0.500. The summed E-state index contributed by atoms with van der Waals surface area (Å²) in [4.78, 5) is 14.8. The van der Waals surface area contributed by atoms with Gasteiger partial charge >= 0.3 is 0 Å². The minimum atomic E-state index is 0.0341. The molecule has 0 amide bonds. The van der Waals surface area contributed by atoms with E-state index in [2.05, 4.69) is 6.92 Å². The van der Waals surface area contributed by atoms with E-state index < -0.39 is 0 Å². The SMILES string of the molecule is CC[NH+]1CC[NH+](CCCOc2ccc(C(C)=O)cc2OC)CC1. The van der Waals surface area contributed by atoms with Crippen molar-refractivity contribution >= 4 is 5.78 Å². The number of quaternary nitrogens is 2. The van der Waals surface area contributed by atoms with Gasteiger partial charge in [0.25, 0.3) is 0 Å². The predicted molar refractivity (Wildman–Crippen MR) is 89.9 cm³/mol. The molecule has 0 unspecified atom stereocenters. The summed E-state index contributed by atoms with van der Waals surface area (Å²) in [6.07, 6.45) is 1.04. The monoisotopic (exact) mass is 322 g/mol. The first-order valence-corrected chi connectivity index (χ1v) is 8.63. The molecule has 2 rings (SSSR count). The van der Waals surface area contributed by atoms with Gasteiger partial charge in [-0.1, -0.05) is 0 Å². The number of nitrogens with one attached hydrogen (secondary N) is 2. The highest BCUT2D eigenvalue weighted by molar-refractivity contribution is 5.94. The van der Waals surface area contributed by atoms with Gasteiger partial charge < -0.3 is 19.3 Å². The van der Waals surface area contributed by atoms with E-state index in [-0.39, 0.29) is 5.78 Å². The first-order chi connectivity index (χ1) is 11.1. The van der Waals surface area contributed by atoms with Crippen molar-refractivity contribution in [2.45, 2.75) is 20.3 Å². The molecule has 5 nitrogen and oxygen atoms in total. The standard InChI is InChI=1S/C18H28N2O3/c1-4-19-9-11-20(12-10-19)8-5-13-23-17-7-6-16(15(2)21)14-18(17)22-3/h6-7,14H,4-5,8-13H2,1-3H3/p+2. The maximum absolute atomic E-state index is 11.4. The smallest absolute Gasteiger partial charge is 0.161 e. The molecule has 1 aromatic rings. The lowest BCUT2D eigenvalue weighted by molar-refractivity contribution is -1.01. The zero-order valence-corrected chi connectivity index (χ0v) is 14.6. The van der Waals surface area contributed by atoms with Crippen molar-refractivity contribution in [1.82, 2.24) is 0 Å². The Morgan fingerprint density at radius 2 is 1.83 bits per heavy atom. The highest BCUT2D eigenvalue weighted by Gasteiger charge is 2.20. The van der Waals surface area contributed by atoms with Gasteiger partial charge in [-0.25, -0.2) is 0 Å². The molecule has 0 saturated carbocycles. The Balaban J connectivity index is 1.75. The lowest BCUT2D eigenvalue weighted by atomic mass is 10.1. The van der Waals surface area contributed by atoms with E-state index in [1.165, 1.54) is 32.7 Å². The molecular formula is C18H30N2O3+2. The van der Waals surface area contributed by atoms with Crippen molar-refractivity contribution in [3.8, 4) is 11.5 Å². The zero-order chi connectivity index (χ0) is 16.7. The Labute approximate surface area is 139 Å². The molecule has 1 fully saturated rings. The van der Waals surface area contributed by atoms with Gasteiger partial charge in [-0.05, 0) is 32.0 Å². The summed E-state index contributed by atoms with van der Waals surface area (Å²) >= 11 is 0. The number of hydrogen-bond donors (Lipinski definition) is 2. The van der Waals surface area contributed by atoms with E-state index in [1.54, 1.807) is 36.0 Å². The summed E-state index contributed by atoms with van der Waals surface area (Å²) in [6.45, 7) is 12.0. The lowest BCUT2D eigenvalue weighted by Crippen LogP contribution is -3.28. The van der Waals surface area contributed by atoms with Gasteiger partial charge in [0.15, 0.2) is 17.3 Å². The first kappa shape index (κ1) is 17.8. The van der Waals surface area contributed by atoms with Crippen LogP contribution in [0.3, 0.4) is 0 Å². The molecular weight excluding hydrogens is 292 g/mol. The number of likely N-dealkylation sites (N-methyl/N-ethyl adjacent to an activating group) is 1. The molecule has 23 heavy (non-hydrogen) atoms. The van der Waals surface area contributed by atoms with Gasteiger partial charge in [0.1, 0.15) is 26.2 Å². The van der Waals surface area contributed by atoms with Crippen LogP contribution < -0.4 is 19.3 Å². The molecule has 1 aromatic carbocycles. The van der Waals surface area contributed by atoms with Crippen LogP contribution in [0.5, 0.6) is 11.5 Å². The van der Waals surface area contributed by atoms with Crippen LogP contribution in [-0.4, -0.2) is 58.8 Å². The van der Waals surface area contributed by atoms with Crippen LogP contribution in [0.1, 0.15) is 30.6 Å². The molecule has 0 aromatic heterocycles. The summed E-state index contributed by atoms with van der Waals surface area (Å²) in [6, 6.07) is 5.36. The van der Waals surface area contributed by atoms with Crippen molar-refractivity contribution in [2.75, 3.05) is 53.0 Å². The summed E-state index contributed by atoms with van der Waals surface area (Å²) in [5.74, 6) is 1.38. The number of ketones is 1. The van der Waals surface area contributed by atoms with E-state index in [0.29, 0.717) is 23.7 Å². The molecule has 0 radical (unpaired) electrons. The fourth-order valence-electron chi connectivity index (χ4n) is 3.07. The van der Waals surface area contributed by atoms with Gasteiger partial charge in [0, 0.05) is 12.0 Å². The number of benzene rings is 1. The Bertz CT molecular complexity index is 511. The van der Waals surface area contributed by atoms with E-state index in [0.717, 1.165) is 13.0 Å². The highest BCUT2D eigenvalue weighted by atomic mass is 16.5. The normalized spacial score (nSPS) is 21.0. The maximum Gasteiger partial charge on any atom is 0.161 e. The first-order valence-electron chi connectivity index (χ1n) is 8.63. The molecule has 1 aliphatic heterocycles. The van der Waals surface area contributed by atoms with Crippen LogP contribution in [0.2, 0.25) is 0 Å². The molecule has 1 aliphatic rings. The minimum Gasteiger partial charge on any atom is -0.493 e. The van der Waals surface area contributed by atoms with Crippen molar-refractivity contribution in [1.29, 1.82) is 0 Å². The molecule has 2 N–H and O–H groups in total. The molecule has 5 heteroatoms. The van der Waals surface area contributed by atoms with Crippen LogP contribution in [0, 0.1) is 0 Å². The third-order valence-corrected chi connectivity index (χ3v) is 4.67. The van der Waals surface area contributed by atoms with Gasteiger partial charge in [-0.3, -0.25) is 4.79 Å². The Morgan fingerprint density at radius 3 is 2.43 bits per heavy atom. The molecule has 1 saturated heterocycles. The van der Waals surface area contributed by atoms with E-state index in [4.69, 9.17) is 9.47 Å².